The van der Waals surface area contributed by atoms with E-state index >= 15 is 0 Å². The van der Waals surface area contributed by atoms with Crippen molar-refractivity contribution in [2.24, 2.45) is 0 Å². The summed E-state index contributed by atoms with van der Waals surface area (Å²) in [6.45, 7) is 4.31. The molecular weight excluding hydrogens is 410 g/mol. The van der Waals surface area contributed by atoms with Gasteiger partial charge < -0.3 is 15.0 Å². The molecule has 2 amide bonds. The number of aromatic nitrogens is 1. The number of carbonyl (C=O) groups is 2. The molecule has 2 aromatic carbocycles. The number of nitrogens with one attached hydrogen (secondary N) is 1. The van der Waals surface area contributed by atoms with Crippen molar-refractivity contribution in [3.63, 3.8) is 0 Å². The fourth-order valence-corrected chi connectivity index (χ4v) is 4.30. The molecule has 0 atom stereocenters. The molecule has 1 saturated heterocycles. The highest BCUT2D eigenvalue weighted by Crippen LogP contribution is 2.25. The molecule has 4 rings (SSSR count). The average Bonchev–Trinajstić information content (AvgIpc) is 3.28. The van der Waals surface area contributed by atoms with Crippen LogP contribution in [0.4, 0.5) is 5.69 Å². The van der Waals surface area contributed by atoms with Crippen LogP contribution in [0.5, 0.6) is 0 Å². The Labute approximate surface area is 185 Å². The first kappa shape index (κ1) is 21.2. The number of ether oxygens (including phenoxy) is 1. The lowest BCUT2D eigenvalue weighted by atomic mass is 10.1. The van der Waals surface area contributed by atoms with Crippen LogP contribution in [0.2, 0.25) is 0 Å². The Morgan fingerprint density at radius 2 is 1.84 bits per heavy atom. The second-order valence-corrected chi connectivity index (χ2v) is 8.23. The van der Waals surface area contributed by atoms with E-state index in [0.717, 1.165) is 17.0 Å². The SMILES string of the molecule is CCc1ccc(-c2nc(CC(=O)Nc3ccccc3C(=O)N3CCOCC3)cs2)cc1. The second kappa shape index (κ2) is 9.85. The van der Waals surface area contributed by atoms with Crippen molar-refractivity contribution in [1.29, 1.82) is 0 Å². The summed E-state index contributed by atoms with van der Waals surface area (Å²) in [7, 11) is 0. The Morgan fingerprint density at radius 1 is 1.10 bits per heavy atom. The van der Waals surface area contributed by atoms with E-state index in [4.69, 9.17) is 4.74 Å². The quantitative estimate of drug-likeness (QED) is 0.635. The number of amides is 2. The molecule has 0 aliphatic carbocycles. The summed E-state index contributed by atoms with van der Waals surface area (Å²) in [5.74, 6) is -0.286. The van der Waals surface area contributed by atoms with Gasteiger partial charge in [0.2, 0.25) is 5.91 Å². The Hall–Kier alpha value is -3.03. The third-order valence-corrected chi connectivity index (χ3v) is 6.17. The predicted molar refractivity (Wildman–Crippen MR) is 122 cm³/mol. The van der Waals surface area contributed by atoms with E-state index in [1.165, 1.54) is 16.9 Å². The van der Waals surface area contributed by atoms with Crippen molar-refractivity contribution in [3.8, 4) is 10.6 Å². The Morgan fingerprint density at radius 3 is 2.58 bits per heavy atom. The van der Waals surface area contributed by atoms with Crippen LogP contribution in [0.25, 0.3) is 10.6 Å². The largest absolute Gasteiger partial charge is 0.378 e. The molecule has 0 radical (unpaired) electrons. The van der Waals surface area contributed by atoms with Crippen molar-refractivity contribution in [2.45, 2.75) is 19.8 Å². The molecule has 3 aromatic rings. The molecule has 1 aliphatic rings. The molecular formula is C24H25N3O3S. The van der Waals surface area contributed by atoms with Crippen molar-refractivity contribution in [2.75, 3.05) is 31.6 Å². The molecule has 1 N–H and O–H groups in total. The van der Waals surface area contributed by atoms with E-state index < -0.39 is 0 Å². The van der Waals surface area contributed by atoms with Crippen LogP contribution in [0.3, 0.4) is 0 Å². The van der Waals surface area contributed by atoms with Crippen LogP contribution in [0.15, 0.2) is 53.9 Å². The van der Waals surface area contributed by atoms with Crippen molar-refractivity contribution < 1.29 is 14.3 Å². The lowest BCUT2D eigenvalue weighted by Crippen LogP contribution is -2.41. The number of anilines is 1. The summed E-state index contributed by atoms with van der Waals surface area (Å²) < 4.78 is 5.32. The molecule has 0 bridgehead atoms. The van der Waals surface area contributed by atoms with E-state index in [9.17, 15) is 9.59 Å². The fourth-order valence-electron chi connectivity index (χ4n) is 3.48. The van der Waals surface area contributed by atoms with Gasteiger partial charge in [-0.25, -0.2) is 4.98 Å². The molecule has 7 heteroatoms. The van der Waals surface area contributed by atoms with Crippen molar-refractivity contribution in [3.05, 3.63) is 70.7 Å². The standard InChI is InChI=1S/C24H25N3O3S/c1-2-17-7-9-18(10-8-17)23-25-19(16-31-23)15-22(28)26-21-6-4-3-5-20(21)24(29)27-11-13-30-14-12-27/h3-10,16H,2,11-15H2,1H3,(H,26,28). The van der Waals surface area contributed by atoms with Gasteiger partial charge in [-0.2, -0.15) is 0 Å². The zero-order chi connectivity index (χ0) is 21.6. The van der Waals surface area contributed by atoms with E-state index in [1.54, 1.807) is 23.1 Å². The topological polar surface area (TPSA) is 71.5 Å². The van der Waals surface area contributed by atoms with Gasteiger partial charge in [0.15, 0.2) is 0 Å². The number of nitrogens with zero attached hydrogens (tertiary/aromatic N) is 2. The molecule has 0 unspecified atom stereocenters. The maximum Gasteiger partial charge on any atom is 0.256 e. The van der Waals surface area contributed by atoms with Crippen LogP contribution in [0.1, 0.15) is 28.5 Å². The minimum atomic E-state index is -0.194. The lowest BCUT2D eigenvalue weighted by molar-refractivity contribution is -0.115. The molecule has 0 saturated carbocycles. The normalized spacial score (nSPS) is 13.8. The van der Waals surface area contributed by atoms with Crippen LogP contribution in [-0.4, -0.2) is 48.0 Å². The summed E-state index contributed by atoms with van der Waals surface area (Å²) in [4.78, 5) is 31.9. The molecule has 1 fully saturated rings. The molecule has 31 heavy (non-hydrogen) atoms. The van der Waals surface area contributed by atoms with Gasteiger partial charge in [0.05, 0.1) is 36.6 Å². The van der Waals surface area contributed by atoms with Crippen molar-refractivity contribution in [1.82, 2.24) is 9.88 Å². The van der Waals surface area contributed by atoms with Crippen LogP contribution < -0.4 is 5.32 Å². The van der Waals surface area contributed by atoms with Gasteiger partial charge in [-0.05, 0) is 24.1 Å². The lowest BCUT2D eigenvalue weighted by Gasteiger charge is -2.27. The summed E-state index contributed by atoms with van der Waals surface area (Å²) in [6, 6.07) is 15.5. The van der Waals surface area contributed by atoms with E-state index in [1.807, 2.05) is 11.4 Å². The van der Waals surface area contributed by atoms with Gasteiger partial charge in [0.25, 0.3) is 5.91 Å². The molecule has 6 nitrogen and oxygen atoms in total. The number of hydrogen-bond donors (Lipinski definition) is 1. The first-order valence-corrected chi connectivity index (χ1v) is 11.3. The molecule has 160 valence electrons. The average molecular weight is 436 g/mol. The van der Waals surface area contributed by atoms with Crippen molar-refractivity contribution >= 4 is 28.8 Å². The predicted octanol–water partition coefficient (Wildman–Crippen LogP) is 4.03. The van der Waals surface area contributed by atoms with Gasteiger partial charge in [-0.15, -0.1) is 11.3 Å². The first-order chi connectivity index (χ1) is 15.1. The summed E-state index contributed by atoms with van der Waals surface area (Å²) >= 11 is 1.53. The number of para-hydroxylation sites is 1. The van der Waals surface area contributed by atoms with Gasteiger partial charge in [-0.3, -0.25) is 9.59 Å². The van der Waals surface area contributed by atoms with E-state index in [-0.39, 0.29) is 18.2 Å². The fraction of sp³-hybridized carbons (Fsp3) is 0.292. The number of rotatable bonds is 6. The highest BCUT2D eigenvalue weighted by Gasteiger charge is 2.21. The number of aryl methyl sites for hydroxylation is 1. The summed E-state index contributed by atoms with van der Waals surface area (Å²) in [5.41, 5.74) is 4.07. The van der Waals surface area contributed by atoms with Gasteiger partial charge >= 0.3 is 0 Å². The number of carbonyl (C=O) groups excluding carboxylic acids is 2. The third kappa shape index (κ3) is 5.18. The monoisotopic (exact) mass is 435 g/mol. The molecule has 1 aromatic heterocycles. The van der Waals surface area contributed by atoms with Crippen LogP contribution >= 0.6 is 11.3 Å². The molecule has 2 heterocycles. The highest BCUT2D eigenvalue weighted by atomic mass is 32.1. The molecule has 1 aliphatic heterocycles. The Bertz CT molecular complexity index is 1060. The number of benzene rings is 2. The minimum absolute atomic E-state index is 0.0920. The Balaban J connectivity index is 1.42. The highest BCUT2D eigenvalue weighted by molar-refractivity contribution is 7.13. The third-order valence-electron chi connectivity index (χ3n) is 5.23. The first-order valence-electron chi connectivity index (χ1n) is 10.4. The zero-order valence-electron chi connectivity index (χ0n) is 17.5. The van der Waals surface area contributed by atoms with E-state index in [0.29, 0.717) is 43.2 Å². The van der Waals surface area contributed by atoms with Gasteiger partial charge in [0.1, 0.15) is 5.01 Å². The summed E-state index contributed by atoms with van der Waals surface area (Å²) in [6.07, 6.45) is 1.16. The second-order valence-electron chi connectivity index (χ2n) is 7.37. The minimum Gasteiger partial charge on any atom is -0.378 e. The number of morpholine rings is 1. The van der Waals surface area contributed by atoms with Gasteiger partial charge in [0, 0.05) is 24.0 Å². The zero-order valence-corrected chi connectivity index (χ0v) is 18.3. The number of thiazole rings is 1. The molecule has 0 spiro atoms. The van der Waals surface area contributed by atoms with Crippen LogP contribution in [-0.2, 0) is 22.4 Å². The Kier molecular flexibility index (Phi) is 6.74. The number of hydrogen-bond acceptors (Lipinski definition) is 5. The summed E-state index contributed by atoms with van der Waals surface area (Å²) in [5, 5.41) is 5.70. The maximum atomic E-state index is 12.9. The maximum absolute atomic E-state index is 12.9. The van der Waals surface area contributed by atoms with Crippen LogP contribution in [0, 0.1) is 0 Å². The van der Waals surface area contributed by atoms with Gasteiger partial charge in [-0.1, -0.05) is 43.3 Å². The smallest absolute Gasteiger partial charge is 0.256 e. The van der Waals surface area contributed by atoms with E-state index in [2.05, 4.69) is 41.5 Å².